The maximum absolute atomic E-state index is 11.4. The minimum atomic E-state index is -0.151. The molecule has 0 saturated carbocycles. The lowest BCUT2D eigenvalue weighted by atomic mass is 10.1. The number of halogens is 1. The Hall–Kier alpha value is -1.42. The molecule has 4 nitrogen and oxygen atoms in total. The lowest BCUT2D eigenvalue weighted by molar-refractivity contribution is 0.239. The Kier molecular flexibility index (Phi) is 7.88. The smallest absolute Gasteiger partial charge is 0.314 e. The van der Waals surface area contributed by atoms with Gasteiger partial charge in [-0.1, -0.05) is 18.2 Å². The van der Waals surface area contributed by atoms with E-state index >= 15 is 0 Å². The lowest BCUT2D eigenvalue weighted by Crippen LogP contribution is -2.37. The van der Waals surface area contributed by atoms with Gasteiger partial charge in [0.1, 0.15) is 5.75 Å². The summed E-state index contributed by atoms with van der Waals surface area (Å²) in [4.78, 5) is 11.4. The van der Waals surface area contributed by atoms with Crippen molar-refractivity contribution in [1.29, 1.82) is 0 Å². The largest absolute Gasteiger partial charge is 0.493 e. The fourth-order valence-corrected chi connectivity index (χ4v) is 1.94. The SMILES string of the molecule is Cc1cccc(C)c1OCCCNC(=O)NCCCCl. The fourth-order valence-electron chi connectivity index (χ4n) is 1.81. The number of para-hydroxylation sites is 1. The number of amides is 2. The van der Waals surface area contributed by atoms with Crippen molar-refractivity contribution >= 4 is 17.6 Å². The van der Waals surface area contributed by atoms with Crippen LogP contribution in [0.4, 0.5) is 4.79 Å². The van der Waals surface area contributed by atoms with E-state index in [1.54, 1.807) is 0 Å². The van der Waals surface area contributed by atoms with Gasteiger partial charge in [-0.05, 0) is 37.8 Å². The maximum atomic E-state index is 11.4. The molecule has 0 fully saturated rings. The molecule has 1 aromatic carbocycles. The van der Waals surface area contributed by atoms with E-state index in [1.807, 2.05) is 32.0 Å². The van der Waals surface area contributed by atoms with Crippen LogP contribution in [0.5, 0.6) is 5.75 Å². The first-order valence-electron chi connectivity index (χ1n) is 6.92. The van der Waals surface area contributed by atoms with Gasteiger partial charge in [-0.25, -0.2) is 4.79 Å². The average Bonchev–Trinajstić information content (AvgIpc) is 2.41. The molecule has 0 saturated heterocycles. The van der Waals surface area contributed by atoms with Gasteiger partial charge in [0.05, 0.1) is 6.61 Å². The van der Waals surface area contributed by atoms with E-state index in [9.17, 15) is 4.79 Å². The molecule has 0 radical (unpaired) electrons. The van der Waals surface area contributed by atoms with Gasteiger partial charge in [-0.15, -0.1) is 11.6 Å². The van der Waals surface area contributed by atoms with E-state index in [-0.39, 0.29) is 6.03 Å². The molecule has 0 unspecified atom stereocenters. The molecule has 1 rings (SSSR count). The summed E-state index contributed by atoms with van der Waals surface area (Å²) in [6.07, 6.45) is 1.56. The van der Waals surface area contributed by atoms with Crippen molar-refractivity contribution in [2.24, 2.45) is 0 Å². The van der Waals surface area contributed by atoms with Crippen molar-refractivity contribution in [1.82, 2.24) is 10.6 Å². The van der Waals surface area contributed by atoms with Crippen LogP contribution in [0.25, 0.3) is 0 Å². The Labute approximate surface area is 125 Å². The zero-order valence-corrected chi connectivity index (χ0v) is 12.9. The third-order valence-electron chi connectivity index (χ3n) is 2.86. The molecule has 0 bridgehead atoms. The minimum Gasteiger partial charge on any atom is -0.493 e. The third-order valence-corrected chi connectivity index (χ3v) is 3.13. The zero-order valence-electron chi connectivity index (χ0n) is 12.2. The van der Waals surface area contributed by atoms with Crippen LogP contribution in [-0.2, 0) is 0 Å². The second kappa shape index (κ2) is 9.48. The summed E-state index contributed by atoms with van der Waals surface area (Å²) in [5.41, 5.74) is 2.27. The summed E-state index contributed by atoms with van der Waals surface area (Å²) in [5.74, 6) is 1.50. The highest BCUT2D eigenvalue weighted by molar-refractivity contribution is 6.17. The normalized spacial score (nSPS) is 10.2. The summed E-state index contributed by atoms with van der Waals surface area (Å²) >= 11 is 5.53. The van der Waals surface area contributed by atoms with Gasteiger partial charge < -0.3 is 15.4 Å². The van der Waals surface area contributed by atoms with Crippen LogP contribution in [-0.4, -0.2) is 31.6 Å². The third kappa shape index (κ3) is 6.15. The number of urea groups is 1. The van der Waals surface area contributed by atoms with Gasteiger partial charge in [0, 0.05) is 19.0 Å². The van der Waals surface area contributed by atoms with Gasteiger partial charge in [-0.2, -0.15) is 0 Å². The molecule has 2 N–H and O–H groups in total. The fraction of sp³-hybridized carbons (Fsp3) is 0.533. The quantitative estimate of drug-likeness (QED) is 0.572. The van der Waals surface area contributed by atoms with Crippen LogP contribution in [0.1, 0.15) is 24.0 Å². The number of hydrogen-bond donors (Lipinski definition) is 2. The molecular weight excluding hydrogens is 276 g/mol. The zero-order chi connectivity index (χ0) is 14.8. The first kappa shape index (κ1) is 16.6. The highest BCUT2D eigenvalue weighted by Crippen LogP contribution is 2.22. The van der Waals surface area contributed by atoms with Gasteiger partial charge in [0.15, 0.2) is 0 Å². The Bertz CT molecular complexity index is 404. The topological polar surface area (TPSA) is 50.4 Å². The summed E-state index contributed by atoms with van der Waals surface area (Å²) < 4.78 is 5.76. The number of ether oxygens (including phenoxy) is 1. The summed E-state index contributed by atoms with van der Waals surface area (Å²) in [6, 6.07) is 5.93. The standard InChI is InChI=1S/C15H23ClN2O2/c1-12-6-3-7-13(2)14(12)20-11-5-10-18-15(19)17-9-4-8-16/h3,6-7H,4-5,8-11H2,1-2H3,(H2,17,18,19). The molecule has 0 aromatic heterocycles. The molecule has 5 heteroatoms. The number of alkyl halides is 1. The van der Waals surface area contributed by atoms with E-state index < -0.39 is 0 Å². The maximum Gasteiger partial charge on any atom is 0.314 e. The Balaban J connectivity index is 2.14. The highest BCUT2D eigenvalue weighted by Gasteiger charge is 2.03. The van der Waals surface area contributed by atoms with Crippen molar-refractivity contribution in [2.45, 2.75) is 26.7 Å². The molecule has 0 aliphatic heterocycles. The Morgan fingerprint density at radius 3 is 2.35 bits per heavy atom. The monoisotopic (exact) mass is 298 g/mol. The molecule has 112 valence electrons. The number of hydrogen-bond acceptors (Lipinski definition) is 2. The number of carbonyl (C=O) groups is 1. The molecule has 0 aliphatic carbocycles. The van der Waals surface area contributed by atoms with E-state index in [0.717, 1.165) is 29.7 Å². The number of carbonyl (C=O) groups excluding carboxylic acids is 1. The number of nitrogens with one attached hydrogen (secondary N) is 2. The second-order valence-electron chi connectivity index (χ2n) is 4.65. The predicted octanol–water partition coefficient (Wildman–Crippen LogP) is 3.00. The molecular formula is C15H23ClN2O2. The Morgan fingerprint density at radius 1 is 1.15 bits per heavy atom. The first-order valence-corrected chi connectivity index (χ1v) is 7.45. The van der Waals surface area contributed by atoms with Gasteiger partial charge >= 0.3 is 6.03 Å². The summed E-state index contributed by atoms with van der Waals surface area (Å²) in [6.45, 7) is 5.86. The van der Waals surface area contributed by atoms with Crippen LogP contribution < -0.4 is 15.4 Å². The molecule has 1 aromatic rings. The van der Waals surface area contributed by atoms with Crippen LogP contribution in [0.3, 0.4) is 0 Å². The highest BCUT2D eigenvalue weighted by atomic mass is 35.5. The van der Waals surface area contributed by atoms with Crippen molar-refractivity contribution in [2.75, 3.05) is 25.6 Å². The molecule has 0 aliphatic rings. The number of rotatable bonds is 8. The molecule has 20 heavy (non-hydrogen) atoms. The molecule has 0 atom stereocenters. The van der Waals surface area contributed by atoms with E-state index in [0.29, 0.717) is 25.6 Å². The number of benzene rings is 1. The second-order valence-corrected chi connectivity index (χ2v) is 5.03. The minimum absolute atomic E-state index is 0.151. The van der Waals surface area contributed by atoms with Gasteiger partial charge in [0.25, 0.3) is 0 Å². The summed E-state index contributed by atoms with van der Waals surface area (Å²) in [5, 5.41) is 5.52. The lowest BCUT2D eigenvalue weighted by Gasteiger charge is -2.12. The molecule has 0 spiro atoms. The predicted molar refractivity (Wildman–Crippen MR) is 82.8 cm³/mol. The van der Waals surface area contributed by atoms with Crippen LogP contribution in [0.15, 0.2) is 18.2 Å². The Morgan fingerprint density at radius 2 is 1.75 bits per heavy atom. The van der Waals surface area contributed by atoms with E-state index in [1.165, 1.54) is 0 Å². The van der Waals surface area contributed by atoms with Crippen molar-refractivity contribution in [3.8, 4) is 5.75 Å². The van der Waals surface area contributed by atoms with Crippen molar-refractivity contribution in [3.05, 3.63) is 29.3 Å². The van der Waals surface area contributed by atoms with Gasteiger partial charge in [-0.3, -0.25) is 0 Å². The molecule has 2 amide bonds. The van der Waals surface area contributed by atoms with Crippen LogP contribution in [0.2, 0.25) is 0 Å². The van der Waals surface area contributed by atoms with Crippen LogP contribution in [0, 0.1) is 13.8 Å². The number of aryl methyl sites for hydroxylation is 2. The first-order chi connectivity index (χ1) is 9.65. The summed E-state index contributed by atoms with van der Waals surface area (Å²) in [7, 11) is 0. The average molecular weight is 299 g/mol. The molecule has 0 heterocycles. The van der Waals surface area contributed by atoms with Crippen LogP contribution >= 0.6 is 11.6 Å². The van der Waals surface area contributed by atoms with E-state index in [4.69, 9.17) is 16.3 Å². The van der Waals surface area contributed by atoms with Crippen molar-refractivity contribution in [3.63, 3.8) is 0 Å². The van der Waals surface area contributed by atoms with E-state index in [2.05, 4.69) is 10.6 Å². The van der Waals surface area contributed by atoms with Crippen molar-refractivity contribution < 1.29 is 9.53 Å². The van der Waals surface area contributed by atoms with Gasteiger partial charge in [0.2, 0.25) is 0 Å².